The Labute approximate surface area is 131 Å². The fraction of sp³-hybridized carbons (Fsp3) is 0.500. The zero-order valence-corrected chi connectivity index (χ0v) is 12.5. The number of aryl methyl sites for hydroxylation is 1. The molecular weight excluding hydrogens is 309 g/mol. The normalized spacial score (nSPS) is 21.3. The van der Waals surface area contributed by atoms with E-state index in [1.807, 2.05) is 12.1 Å². The summed E-state index contributed by atoms with van der Waals surface area (Å²) < 4.78 is 38.1. The number of alkyl halides is 3. The van der Waals surface area contributed by atoms with Gasteiger partial charge in [-0.05, 0) is 37.3 Å². The highest BCUT2D eigenvalue weighted by Gasteiger charge is 2.48. The summed E-state index contributed by atoms with van der Waals surface area (Å²) in [6.45, 7) is 0.449. The van der Waals surface area contributed by atoms with Crippen LogP contribution in [0.3, 0.4) is 0 Å². The van der Waals surface area contributed by atoms with Crippen LogP contribution < -0.4 is 4.90 Å². The summed E-state index contributed by atoms with van der Waals surface area (Å²) >= 11 is 0. The van der Waals surface area contributed by atoms with Crippen LogP contribution in [0.1, 0.15) is 24.8 Å². The lowest BCUT2D eigenvalue weighted by Gasteiger charge is -2.34. The van der Waals surface area contributed by atoms with Crippen LogP contribution in [0.25, 0.3) is 0 Å². The average Bonchev–Trinajstić information content (AvgIpc) is 3.01. The number of hydrogen-bond donors (Lipinski definition) is 0. The molecule has 124 valence electrons. The molecular formula is C16H17F3N2O2. The first-order valence-electron chi connectivity index (χ1n) is 7.66. The summed E-state index contributed by atoms with van der Waals surface area (Å²) in [5.41, 5.74) is 1.76. The second kappa shape index (κ2) is 5.86. The summed E-state index contributed by atoms with van der Waals surface area (Å²) in [4.78, 5) is 26.5. The molecule has 2 aliphatic heterocycles. The monoisotopic (exact) mass is 326 g/mol. The first-order valence-corrected chi connectivity index (χ1v) is 7.66. The summed E-state index contributed by atoms with van der Waals surface area (Å²) in [5.74, 6) is -2.33. The van der Waals surface area contributed by atoms with Crippen LogP contribution in [0.2, 0.25) is 0 Å². The Morgan fingerprint density at radius 1 is 1.09 bits per heavy atom. The first-order chi connectivity index (χ1) is 10.9. The number of nitrogens with zero attached hydrogens (tertiary/aromatic N) is 2. The number of halogens is 3. The highest BCUT2D eigenvalue weighted by molar-refractivity contribution is 6.00. The Balaban J connectivity index is 1.85. The number of amides is 2. The molecule has 2 amide bonds. The minimum atomic E-state index is -4.94. The topological polar surface area (TPSA) is 40.6 Å². The highest BCUT2D eigenvalue weighted by Crippen LogP contribution is 2.31. The molecule has 3 rings (SSSR count). The maximum atomic E-state index is 12.8. The molecule has 0 aliphatic carbocycles. The van der Waals surface area contributed by atoms with E-state index in [9.17, 15) is 22.8 Å². The lowest BCUT2D eigenvalue weighted by atomic mass is 10.0. The first kappa shape index (κ1) is 15.8. The van der Waals surface area contributed by atoms with E-state index in [0.717, 1.165) is 24.1 Å². The molecule has 1 atom stereocenters. The number of rotatable bonds is 1. The molecule has 0 spiro atoms. The van der Waals surface area contributed by atoms with Crippen LogP contribution in [-0.4, -0.2) is 42.0 Å². The van der Waals surface area contributed by atoms with Crippen molar-refractivity contribution in [3.63, 3.8) is 0 Å². The summed E-state index contributed by atoms with van der Waals surface area (Å²) in [6, 6.07) is 6.38. The molecule has 2 aliphatic rings. The molecule has 1 fully saturated rings. The fourth-order valence-corrected chi connectivity index (χ4v) is 3.37. The highest BCUT2D eigenvalue weighted by atomic mass is 19.4. The van der Waals surface area contributed by atoms with Crippen molar-refractivity contribution in [1.29, 1.82) is 0 Å². The summed E-state index contributed by atoms with van der Waals surface area (Å²) in [5, 5.41) is 0. The SMILES string of the molecule is O=C(C1CCCN1C(=O)C(F)(F)F)N1CCCc2ccccc21. The van der Waals surface area contributed by atoms with Crippen molar-refractivity contribution >= 4 is 17.5 Å². The number of benzene rings is 1. The van der Waals surface area contributed by atoms with Crippen molar-refractivity contribution < 1.29 is 22.8 Å². The van der Waals surface area contributed by atoms with Gasteiger partial charge in [0.15, 0.2) is 0 Å². The third-order valence-corrected chi connectivity index (χ3v) is 4.42. The molecule has 1 saturated heterocycles. The van der Waals surface area contributed by atoms with Gasteiger partial charge in [-0.15, -0.1) is 0 Å². The van der Waals surface area contributed by atoms with Crippen LogP contribution in [0.15, 0.2) is 24.3 Å². The predicted octanol–water partition coefficient (Wildman–Crippen LogP) is 2.52. The Morgan fingerprint density at radius 3 is 2.57 bits per heavy atom. The van der Waals surface area contributed by atoms with Crippen molar-refractivity contribution in [2.75, 3.05) is 18.0 Å². The molecule has 4 nitrogen and oxygen atoms in total. The molecule has 0 N–H and O–H groups in total. The molecule has 0 aromatic heterocycles. The molecule has 0 bridgehead atoms. The van der Waals surface area contributed by atoms with Gasteiger partial charge in [0.05, 0.1) is 0 Å². The van der Waals surface area contributed by atoms with Crippen molar-refractivity contribution in [1.82, 2.24) is 4.90 Å². The van der Waals surface area contributed by atoms with Crippen molar-refractivity contribution in [3.8, 4) is 0 Å². The number of fused-ring (bicyclic) bond motifs is 1. The summed E-state index contributed by atoms with van der Waals surface area (Å²) in [7, 11) is 0. The molecule has 0 saturated carbocycles. The number of hydrogen-bond acceptors (Lipinski definition) is 2. The van der Waals surface area contributed by atoms with Crippen LogP contribution in [0.5, 0.6) is 0 Å². The predicted molar refractivity (Wildman–Crippen MR) is 77.9 cm³/mol. The van der Waals surface area contributed by atoms with Gasteiger partial charge in [-0.2, -0.15) is 13.2 Å². The van der Waals surface area contributed by atoms with Gasteiger partial charge in [0.1, 0.15) is 6.04 Å². The molecule has 1 unspecified atom stereocenters. The van der Waals surface area contributed by atoms with E-state index in [1.165, 1.54) is 4.90 Å². The van der Waals surface area contributed by atoms with Gasteiger partial charge in [0, 0.05) is 18.8 Å². The number of likely N-dealkylation sites (tertiary alicyclic amines) is 1. The van der Waals surface area contributed by atoms with Gasteiger partial charge in [-0.1, -0.05) is 18.2 Å². The van der Waals surface area contributed by atoms with E-state index in [0.29, 0.717) is 17.9 Å². The van der Waals surface area contributed by atoms with Crippen molar-refractivity contribution in [3.05, 3.63) is 29.8 Å². The zero-order valence-electron chi connectivity index (χ0n) is 12.5. The largest absolute Gasteiger partial charge is 0.471 e. The van der Waals surface area contributed by atoms with E-state index >= 15 is 0 Å². The quantitative estimate of drug-likeness (QED) is 0.796. The van der Waals surface area contributed by atoms with E-state index in [1.54, 1.807) is 12.1 Å². The Morgan fingerprint density at radius 2 is 1.83 bits per heavy atom. The fourth-order valence-electron chi connectivity index (χ4n) is 3.37. The van der Waals surface area contributed by atoms with Crippen LogP contribution in [0, 0.1) is 0 Å². The van der Waals surface area contributed by atoms with Crippen molar-refractivity contribution in [2.45, 2.75) is 37.9 Å². The minimum absolute atomic E-state index is 0.0236. The van der Waals surface area contributed by atoms with E-state index in [2.05, 4.69) is 0 Å². The Hall–Kier alpha value is -2.05. The van der Waals surface area contributed by atoms with Gasteiger partial charge >= 0.3 is 12.1 Å². The third-order valence-electron chi connectivity index (χ3n) is 4.42. The minimum Gasteiger partial charge on any atom is -0.323 e. The zero-order chi connectivity index (χ0) is 16.6. The van der Waals surface area contributed by atoms with Crippen molar-refractivity contribution in [2.24, 2.45) is 0 Å². The third kappa shape index (κ3) is 2.92. The number of para-hydroxylation sites is 1. The van der Waals surface area contributed by atoms with Gasteiger partial charge < -0.3 is 9.80 Å². The van der Waals surface area contributed by atoms with E-state index in [-0.39, 0.29) is 13.0 Å². The molecule has 0 radical (unpaired) electrons. The molecule has 2 heterocycles. The lowest BCUT2D eigenvalue weighted by molar-refractivity contribution is -0.186. The second-order valence-corrected chi connectivity index (χ2v) is 5.88. The number of anilines is 1. The smallest absolute Gasteiger partial charge is 0.323 e. The summed E-state index contributed by atoms with van der Waals surface area (Å²) in [6.07, 6.45) is -2.64. The van der Waals surface area contributed by atoms with Gasteiger partial charge in [-0.3, -0.25) is 9.59 Å². The molecule has 7 heteroatoms. The van der Waals surface area contributed by atoms with Crippen LogP contribution >= 0.6 is 0 Å². The van der Waals surface area contributed by atoms with Gasteiger partial charge in [-0.25, -0.2) is 0 Å². The van der Waals surface area contributed by atoms with E-state index < -0.39 is 24.0 Å². The second-order valence-electron chi connectivity index (χ2n) is 5.88. The standard InChI is InChI=1S/C16H17F3N2O2/c17-16(18,19)15(23)21-10-4-8-13(21)14(22)20-9-3-6-11-5-1-2-7-12(11)20/h1-2,5,7,13H,3-4,6,8-10H2. The number of carbonyl (C=O) groups is 2. The van der Waals surface area contributed by atoms with Crippen LogP contribution in [-0.2, 0) is 16.0 Å². The number of carbonyl (C=O) groups excluding carboxylic acids is 2. The van der Waals surface area contributed by atoms with Gasteiger partial charge in [0.2, 0.25) is 5.91 Å². The maximum absolute atomic E-state index is 12.8. The maximum Gasteiger partial charge on any atom is 0.471 e. The Kier molecular flexibility index (Phi) is 4.04. The van der Waals surface area contributed by atoms with E-state index in [4.69, 9.17) is 0 Å². The molecule has 1 aromatic rings. The average molecular weight is 326 g/mol. The molecule has 23 heavy (non-hydrogen) atoms. The molecule has 1 aromatic carbocycles. The van der Waals surface area contributed by atoms with Crippen LogP contribution in [0.4, 0.5) is 18.9 Å². The Bertz CT molecular complexity index is 630. The van der Waals surface area contributed by atoms with Gasteiger partial charge in [0.25, 0.3) is 0 Å². The lowest BCUT2D eigenvalue weighted by Crippen LogP contribution is -2.52.